The van der Waals surface area contributed by atoms with Crippen molar-refractivity contribution in [3.63, 3.8) is 0 Å². The first-order valence-electron chi connectivity index (χ1n) is 23.9. The molecule has 0 amide bonds. The molecule has 0 N–H and O–H groups in total. The van der Waals surface area contributed by atoms with Crippen LogP contribution in [-0.4, -0.2) is 9.52 Å². The molecule has 9 rings (SSSR count). The van der Waals surface area contributed by atoms with Gasteiger partial charge in [-0.3, -0.25) is 0 Å². The molecular weight excluding hydrogens is 974 g/mol. The zero-order valence-corrected chi connectivity index (χ0v) is 43.9. The molecule has 4 heteroatoms. The molecule has 0 saturated heterocycles. The van der Waals surface area contributed by atoms with E-state index in [1.165, 1.54) is 117 Å². The van der Waals surface area contributed by atoms with Gasteiger partial charge in [0.05, 0.1) is 0 Å². The Morgan fingerprint density at radius 1 is 0.435 bits per heavy atom. The van der Waals surface area contributed by atoms with Crippen LogP contribution in [0.5, 0.6) is 0 Å². The molecule has 3 aliphatic rings. The summed E-state index contributed by atoms with van der Waals surface area (Å²) >= 11 is -5.82. The second kappa shape index (κ2) is 18.5. The molecule has 0 radical (unpaired) electrons. The van der Waals surface area contributed by atoms with E-state index in [1.54, 1.807) is 0 Å². The normalized spacial score (nSPS) is 17.2. The number of unbranched alkanes of at least 4 members (excludes halogenated alkanes) is 4. The summed E-state index contributed by atoms with van der Waals surface area (Å²) in [7, 11) is 18.1. The number of rotatable bonds is 17. The second-order valence-corrected chi connectivity index (χ2v) is 49.6. The second-order valence-electron chi connectivity index (χ2n) is 18.5. The molecule has 6 aromatic carbocycles. The number of allylic oxidation sites excluding steroid dienone is 2. The zero-order chi connectivity index (χ0) is 42.9. The van der Waals surface area contributed by atoms with E-state index in [9.17, 15) is 17.2 Å². The van der Waals surface area contributed by atoms with Gasteiger partial charge in [-0.1, -0.05) is 0 Å². The predicted molar refractivity (Wildman–Crippen MR) is 272 cm³/mol. The van der Waals surface area contributed by atoms with E-state index in [1.807, 2.05) is 0 Å². The molecular formula is C58H63Cl2HfSi. The van der Waals surface area contributed by atoms with E-state index in [0.29, 0.717) is 0 Å². The minimum absolute atomic E-state index is 0.0506. The van der Waals surface area contributed by atoms with Crippen molar-refractivity contribution in [2.24, 2.45) is 0 Å². The van der Waals surface area contributed by atoms with Gasteiger partial charge in [0.2, 0.25) is 0 Å². The first-order chi connectivity index (χ1) is 30.3. The summed E-state index contributed by atoms with van der Waals surface area (Å²) in [5, 5.41) is 3.02. The Labute approximate surface area is 383 Å². The van der Waals surface area contributed by atoms with E-state index >= 15 is 0 Å². The van der Waals surface area contributed by atoms with Crippen molar-refractivity contribution in [1.29, 1.82) is 0 Å². The van der Waals surface area contributed by atoms with Gasteiger partial charge in [-0.25, -0.2) is 0 Å². The summed E-state index contributed by atoms with van der Waals surface area (Å²) in [6.07, 6.45) is 18.5. The molecule has 6 aromatic rings. The number of halogens is 2. The summed E-state index contributed by atoms with van der Waals surface area (Å²) in [4.78, 5) is 0. The van der Waals surface area contributed by atoms with Crippen LogP contribution in [0.1, 0.15) is 133 Å². The molecule has 0 saturated carbocycles. The van der Waals surface area contributed by atoms with Crippen LogP contribution in [0.2, 0.25) is 0 Å². The van der Waals surface area contributed by atoms with Crippen LogP contribution < -0.4 is 13.7 Å². The molecule has 2 unspecified atom stereocenters. The van der Waals surface area contributed by atoms with Gasteiger partial charge in [0, 0.05) is 0 Å². The zero-order valence-electron chi connectivity index (χ0n) is 37.4. The van der Waals surface area contributed by atoms with E-state index in [2.05, 4.69) is 167 Å². The fraction of sp³-hybridized carbons (Fsp3) is 0.310. The minimum atomic E-state index is -5.82. The predicted octanol–water partition coefficient (Wildman–Crippen LogP) is 15.1. The van der Waals surface area contributed by atoms with Crippen LogP contribution in [0, 0.1) is 0 Å². The molecule has 2 atom stereocenters. The molecule has 0 aromatic heterocycles. The topological polar surface area (TPSA) is 0 Å². The first-order valence-corrected chi connectivity index (χ1v) is 40.2. The van der Waals surface area contributed by atoms with Crippen molar-refractivity contribution in [3.8, 4) is 33.4 Å². The summed E-state index contributed by atoms with van der Waals surface area (Å²) in [5.41, 5.74) is 19.3. The van der Waals surface area contributed by atoms with E-state index < -0.39 is 25.7 Å². The van der Waals surface area contributed by atoms with Crippen molar-refractivity contribution < 1.29 is 16.1 Å². The standard InChI is InChI=1S/2C23H27.C12H9Si.2ClH.Hf/c2*1-3-5-10-18-16-20-13-9-15-22(23(20)17-18)21-14-8-7-12-19(21)11-6-4-2;1-3-7-11-9(5-1)10-6-2-4-8-12(10)13-11;;;/h2*7-9,12-17H,3-6,10-11H2,1-2H3;1-7H,13H2;2*1H;/q;;;;;+2/p-2. The van der Waals surface area contributed by atoms with Crippen molar-refractivity contribution >= 4 is 52.5 Å². The molecule has 0 nitrogen and oxygen atoms in total. The average molecular weight is 1040 g/mol. The Kier molecular flexibility index (Phi) is 13.1. The van der Waals surface area contributed by atoms with Crippen LogP contribution in [0.15, 0.2) is 139 Å². The van der Waals surface area contributed by atoms with E-state index in [0.717, 1.165) is 51.4 Å². The summed E-state index contributed by atoms with van der Waals surface area (Å²) in [5.74, 6) is 0. The Hall–Kier alpha value is -3.53. The monoisotopic (exact) mass is 1040 g/mol. The molecule has 1 heterocycles. The summed E-state index contributed by atoms with van der Waals surface area (Å²) < 4.78 is 1.24. The fourth-order valence-corrected chi connectivity index (χ4v) is 50.7. The third-order valence-electron chi connectivity index (χ3n) is 14.6. The van der Waals surface area contributed by atoms with E-state index in [-0.39, 0.29) is 7.35 Å². The molecule has 0 spiro atoms. The molecule has 0 bridgehead atoms. The van der Waals surface area contributed by atoms with Crippen LogP contribution in [0.4, 0.5) is 0 Å². The quantitative estimate of drug-likeness (QED) is 0.0798. The molecule has 62 heavy (non-hydrogen) atoms. The number of aryl methyl sites for hydroxylation is 2. The van der Waals surface area contributed by atoms with Crippen LogP contribution in [0.3, 0.4) is 0 Å². The van der Waals surface area contributed by atoms with Gasteiger partial charge < -0.3 is 0 Å². The number of fused-ring (bicyclic) bond motifs is 5. The van der Waals surface area contributed by atoms with Gasteiger partial charge in [0.25, 0.3) is 0 Å². The molecule has 0 fully saturated rings. The molecule has 1 aliphatic heterocycles. The van der Waals surface area contributed by atoms with Crippen molar-refractivity contribution in [3.05, 3.63) is 172 Å². The number of benzene rings is 6. The fourth-order valence-electron chi connectivity index (χ4n) is 11.7. The van der Waals surface area contributed by atoms with Gasteiger partial charge in [0.15, 0.2) is 0 Å². The first kappa shape index (κ1) is 43.7. The third kappa shape index (κ3) is 7.57. The van der Waals surface area contributed by atoms with Gasteiger partial charge >= 0.3 is 386 Å². The van der Waals surface area contributed by atoms with Crippen molar-refractivity contribution in [2.75, 3.05) is 0 Å². The van der Waals surface area contributed by atoms with Crippen LogP contribution in [-0.2, 0) is 29.0 Å². The van der Waals surface area contributed by atoms with Crippen LogP contribution in [0.25, 0.3) is 45.5 Å². The Morgan fingerprint density at radius 2 is 0.855 bits per heavy atom. The third-order valence-corrected chi connectivity index (χ3v) is 46.3. The molecule has 317 valence electrons. The van der Waals surface area contributed by atoms with Crippen LogP contribution >= 0.6 is 17.2 Å². The SMILES string of the molecule is CCCCC1=Cc2c(-c3ccccc3CCCC)cccc2[CH]1[Hf]([Cl])([Cl])([c]1cccc2c1[SiH2]c1ccccc1-2)[CH]1C(CCCC)=Cc2c(-c3ccccc3CCCC)cccc21. The summed E-state index contributed by atoms with van der Waals surface area (Å²) in [6, 6.07) is 48.8. The Balaban J connectivity index is 1.34. The number of hydrogen-bond acceptors (Lipinski definition) is 0. The Morgan fingerprint density at radius 3 is 1.37 bits per heavy atom. The maximum absolute atomic E-state index is 9.48. The van der Waals surface area contributed by atoms with Gasteiger partial charge in [-0.15, -0.1) is 0 Å². The Bertz CT molecular complexity index is 2550. The van der Waals surface area contributed by atoms with Crippen molar-refractivity contribution in [2.45, 2.75) is 112 Å². The maximum atomic E-state index is 9.48. The van der Waals surface area contributed by atoms with Crippen molar-refractivity contribution in [1.82, 2.24) is 0 Å². The van der Waals surface area contributed by atoms with E-state index in [4.69, 9.17) is 0 Å². The van der Waals surface area contributed by atoms with Gasteiger partial charge in [-0.2, -0.15) is 0 Å². The average Bonchev–Trinajstić information content (AvgIpc) is 4.01. The van der Waals surface area contributed by atoms with Gasteiger partial charge in [-0.05, 0) is 0 Å². The number of hydrogen-bond donors (Lipinski definition) is 0. The van der Waals surface area contributed by atoms with Gasteiger partial charge in [0.1, 0.15) is 0 Å². The molecule has 2 aliphatic carbocycles. The summed E-state index contributed by atoms with van der Waals surface area (Å²) in [6.45, 7) is 9.24.